The van der Waals surface area contributed by atoms with E-state index in [1.807, 2.05) is 0 Å². The second kappa shape index (κ2) is 10.6. The van der Waals surface area contributed by atoms with Gasteiger partial charge in [-0.1, -0.05) is 30.0 Å². The molecule has 0 aliphatic carbocycles. The van der Waals surface area contributed by atoms with Crippen LogP contribution in [0.15, 0.2) is 23.1 Å². The highest BCUT2D eigenvalue weighted by Crippen LogP contribution is 2.34. The molecule has 31 heavy (non-hydrogen) atoms. The summed E-state index contributed by atoms with van der Waals surface area (Å²) in [5.74, 6) is -0.614. The summed E-state index contributed by atoms with van der Waals surface area (Å²) in [5.41, 5.74) is 0.683. The lowest BCUT2D eigenvalue weighted by atomic mass is 10.2. The number of ether oxygens (including phenoxy) is 3. The van der Waals surface area contributed by atoms with Crippen LogP contribution in [-0.4, -0.2) is 83.6 Å². The molecule has 0 atom stereocenters. The van der Waals surface area contributed by atoms with Crippen molar-refractivity contribution < 1.29 is 33.7 Å². The number of carboxylic acids is 1. The van der Waals surface area contributed by atoms with Gasteiger partial charge in [0.1, 0.15) is 4.32 Å². The third-order valence-electron chi connectivity index (χ3n) is 4.62. The van der Waals surface area contributed by atoms with Crippen LogP contribution in [0.25, 0.3) is 6.08 Å². The first kappa shape index (κ1) is 23.0. The molecule has 1 aromatic rings. The van der Waals surface area contributed by atoms with E-state index in [9.17, 15) is 14.4 Å². The third-order valence-corrected chi connectivity index (χ3v) is 6.00. The van der Waals surface area contributed by atoms with Crippen LogP contribution < -0.4 is 9.47 Å². The fourth-order valence-electron chi connectivity index (χ4n) is 2.99. The minimum atomic E-state index is -0.995. The number of hydrogen-bond acceptors (Lipinski definition) is 8. The Balaban J connectivity index is 1.66. The van der Waals surface area contributed by atoms with Crippen molar-refractivity contribution in [1.29, 1.82) is 0 Å². The molecule has 0 unspecified atom stereocenters. The predicted octanol–water partition coefficient (Wildman–Crippen LogP) is 1.61. The maximum atomic E-state index is 12.5. The van der Waals surface area contributed by atoms with Gasteiger partial charge in [0.25, 0.3) is 11.8 Å². The van der Waals surface area contributed by atoms with E-state index in [2.05, 4.69) is 0 Å². The second-order valence-corrected chi connectivity index (χ2v) is 8.34. The van der Waals surface area contributed by atoms with Crippen LogP contribution in [0.2, 0.25) is 0 Å². The second-order valence-electron chi connectivity index (χ2n) is 6.67. The number of nitrogens with zero attached hydrogens (tertiary/aromatic N) is 2. The van der Waals surface area contributed by atoms with Gasteiger partial charge >= 0.3 is 5.97 Å². The normalized spacial score (nSPS) is 17.9. The summed E-state index contributed by atoms with van der Waals surface area (Å²) in [7, 11) is 1.49. The summed E-state index contributed by atoms with van der Waals surface area (Å²) in [6.45, 7) is 2.05. The fourth-order valence-corrected chi connectivity index (χ4v) is 4.30. The van der Waals surface area contributed by atoms with Gasteiger partial charge in [-0.2, -0.15) is 0 Å². The molecule has 0 aromatic heterocycles. The maximum Gasteiger partial charge on any atom is 0.305 e. The highest BCUT2D eigenvalue weighted by Gasteiger charge is 2.32. The molecule has 1 aromatic carbocycles. The Morgan fingerprint density at radius 1 is 1.29 bits per heavy atom. The highest BCUT2D eigenvalue weighted by atomic mass is 32.2. The molecular formula is C20H22N2O7S2. The minimum Gasteiger partial charge on any atom is -0.493 e. The molecule has 1 N–H and O–H groups in total. The summed E-state index contributed by atoms with van der Waals surface area (Å²) in [6.07, 6.45) is 1.48. The van der Waals surface area contributed by atoms with Gasteiger partial charge in [0.15, 0.2) is 18.1 Å². The summed E-state index contributed by atoms with van der Waals surface area (Å²) in [4.78, 5) is 38.9. The number of carboxylic acid groups (broad SMARTS) is 1. The molecule has 3 rings (SSSR count). The van der Waals surface area contributed by atoms with Gasteiger partial charge in [0.05, 0.1) is 31.6 Å². The first-order chi connectivity index (χ1) is 14.9. The van der Waals surface area contributed by atoms with Crippen LogP contribution >= 0.6 is 24.0 Å². The van der Waals surface area contributed by atoms with Crippen LogP contribution in [0.4, 0.5) is 0 Å². The van der Waals surface area contributed by atoms with Gasteiger partial charge in [-0.05, 0) is 23.8 Å². The molecule has 9 nitrogen and oxygen atoms in total. The topological polar surface area (TPSA) is 106 Å². The zero-order chi connectivity index (χ0) is 22.4. The lowest BCUT2D eigenvalue weighted by Gasteiger charge is -2.26. The van der Waals surface area contributed by atoms with Crippen LogP contribution in [0.1, 0.15) is 12.0 Å². The molecule has 2 amide bonds. The monoisotopic (exact) mass is 466 g/mol. The summed E-state index contributed by atoms with van der Waals surface area (Å²) < 4.78 is 16.6. The van der Waals surface area contributed by atoms with Crippen molar-refractivity contribution in [3.63, 3.8) is 0 Å². The molecule has 0 spiro atoms. The summed E-state index contributed by atoms with van der Waals surface area (Å²) >= 11 is 6.31. The van der Waals surface area contributed by atoms with Crippen LogP contribution in [-0.2, 0) is 19.1 Å². The molecule has 2 heterocycles. The number of aliphatic carboxylic acids is 1. The molecule has 2 aliphatic rings. The van der Waals surface area contributed by atoms with E-state index in [-0.39, 0.29) is 31.4 Å². The number of thioether (sulfide) groups is 1. The number of carbonyl (C=O) groups is 3. The zero-order valence-electron chi connectivity index (χ0n) is 16.9. The Kier molecular flexibility index (Phi) is 7.88. The van der Waals surface area contributed by atoms with Crippen molar-refractivity contribution >= 4 is 52.2 Å². The number of methoxy groups -OCH3 is 1. The predicted molar refractivity (Wildman–Crippen MR) is 118 cm³/mol. The fraction of sp³-hybridized carbons (Fsp3) is 0.400. The average molecular weight is 467 g/mol. The van der Waals surface area contributed by atoms with Crippen molar-refractivity contribution in [1.82, 2.24) is 9.80 Å². The maximum absolute atomic E-state index is 12.5. The van der Waals surface area contributed by atoms with Crippen molar-refractivity contribution in [2.75, 3.05) is 46.6 Å². The average Bonchev–Trinajstić information content (AvgIpc) is 3.03. The number of thiocarbonyl (C=S) groups is 1. The van der Waals surface area contributed by atoms with E-state index in [1.54, 1.807) is 29.2 Å². The van der Waals surface area contributed by atoms with Gasteiger partial charge in [0.2, 0.25) is 0 Å². The van der Waals surface area contributed by atoms with Crippen LogP contribution in [0, 0.1) is 0 Å². The first-order valence-electron chi connectivity index (χ1n) is 9.52. The highest BCUT2D eigenvalue weighted by molar-refractivity contribution is 8.26. The molecular weight excluding hydrogens is 444 g/mol. The number of rotatable bonds is 8. The number of morpholine rings is 1. The molecule has 2 saturated heterocycles. The number of benzene rings is 1. The van der Waals surface area contributed by atoms with E-state index in [1.165, 1.54) is 12.0 Å². The smallest absolute Gasteiger partial charge is 0.305 e. The molecule has 0 bridgehead atoms. The molecule has 0 saturated carbocycles. The Hall–Kier alpha value is -2.63. The Morgan fingerprint density at radius 2 is 2.03 bits per heavy atom. The largest absolute Gasteiger partial charge is 0.493 e. The molecule has 0 radical (unpaired) electrons. The van der Waals surface area contributed by atoms with E-state index < -0.39 is 5.97 Å². The standard InChI is InChI=1S/C20H22N2O7S2/c1-27-15-10-13(11-16-19(26)22(20(30)31-16)5-4-18(24)25)2-3-14(15)29-12-17(23)21-6-8-28-9-7-21/h2-3,10-11H,4-9,12H2,1H3,(H,24,25)/b16-11-. The van der Waals surface area contributed by atoms with Crippen LogP contribution in [0.3, 0.4) is 0 Å². The zero-order valence-corrected chi connectivity index (χ0v) is 18.5. The van der Waals surface area contributed by atoms with Crippen LogP contribution in [0.5, 0.6) is 11.5 Å². The first-order valence-corrected chi connectivity index (χ1v) is 10.7. The Morgan fingerprint density at radius 3 is 2.71 bits per heavy atom. The molecule has 2 fully saturated rings. The van der Waals surface area contributed by atoms with Crippen molar-refractivity contribution in [2.24, 2.45) is 0 Å². The molecule has 11 heteroatoms. The van der Waals surface area contributed by atoms with E-state index in [4.69, 9.17) is 31.5 Å². The van der Waals surface area contributed by atoms with Gasteiger partial charge in [-0.15, -0.1) is 0 Å². The lowest BCUT2D eigenvalue weighted by molar-refractivity contribution is -0.138. The Bertz CT molecular complexity index is 913. The number of hydrogen-bond donors (Lipinski definition) is 1. The number of carbonyl (C=O) groups excluding carboxylic acids is 2. The van der Waals surface area contributed by atoms with Gasteiger partial charge < -0.3 is 24.2 Å². The van der Waals surface area contributed by atoms with Crippen molar-refractivity contribution in [3.05, 3.63) is 28.7 Å². The van der Waals surface area contributed by atoms with E-state index in [0.29, 0.717) is 52.6 Å². The van der Waals surface area contributed by atoms with Gasteiger partial charge in [-0.3, -0.25) is 19.3 Å². The Labute approximate surface area is 188 Å². The van der Waals surface area contributed by atoms with Gasteiger partial charge in [-0.25, -0.2) is 0 Å². The lowest BCUT2D eigenvalue weighted by Crippen LogP contribution is -2.43. The summed E-state index contributed by atoms with van der Waals surface area (Å²) in [6, 6.07) is 5.10. The molecule has 166 valence electrons. The number of amides is 2. The quantitative estimate of drug-likeness (QED) is 0.452. The van der Waals surface area contributed by atoms with E-state index in [0.717, 1.165) is 11.8 Å². The van der Waals surface area contributed by atoms with Gasteiger partial charge in [0, 0.05) is 19.6 Å². The summed E-state index contributed by atoms with van der Waals surface area (Å²) in [5, 5.41) is 8.83. The SMILES string of the molecule is COc1cc(/C=C2\SC(=S)N(CCC(=O)O)C2=O)ccc1OCC(=O)N1CCOCC1. The minimum absolute atomic E-state index is 0.0324. The van der Waals surface area contributed by atoms with Crippen molar-refractivity contribution in [3.8, 4) is 11.5 Å². The molecule has 2 aliphatic heterocycles. The van der Waals surface area contributed by atoms with E-state index >= 15 is 0 Å². The third kappa shape index (κ3) is 5.96. The van der Waals surface area contributed by atoms with Crippen molar-refractivity contribution in [2.45, 2.75) is 6.42 Å².